The molecule has 0 aromatic rings. The lowest BCUT2D eigenvalue weighted by molar-refractivity contribution is 0.187. The minimum Gasteiger partial charge on any atom is -0.387 e. The van der Waals surface area contributed by atoms with Crippen LogP contribution in [0.15, 0.2) is 0 Å². The molecule has 0 amide bonds. The zero-order valence-corrected chi connectivity index (χ0v) is 12.5. The number of hydrogen-bond donors (Lipinski definition) is 2. The fraction of sp³-hybridized carbons (Fsp3) is 0.933. The molecule has 3 heteroatoms. The van der Waals surface area contributed by atoms with Crippen molar-refractivity contribution in [3.8, 4) is 0 Å². The van der Waals surface area contributed by atoms with Gasteiger partial charge in [0, 0.05) is 11.5 Å². The van der Waals surface area contributed by atoms with Crippen molar-refractivity contribution in [2.24, 2.45) is 11.1 Å². The lowest BCUT2D eigenvalue weighted by Crippen LogP contribution is -2.34. The minimum atomic E-state index is -0.122. The second kappa shape index (κ2) is 7.13. The van der Waals surface area contributed by atoms with Gasteiger partial charge in [0.25, 0.3) is 0 Å². The molecule has 106 valence electrons. The van der Waals surface area contributed by atoms with Crippen molar-refractivity contribution in [2.75, 3.05) is 13.6 Å². The number of nitrogens with one attached hydrogen (secondary N) is 1. The third kappa shape index (κ3) is 4.97. The van der Waals surface area contributed by atoms with Gasteiger partial charge in [-0.1, -0.05) is 39.5 Å². The smallest absolute Gasteiger partial charge is 0.0963 e. The second-order valence-corrected chi connectivity index (χ2v) is 6.53. The summed E-state index contributed by atoms with van der Waals surface area (Å²) < 4.78 is 0. The highest BCUT2D eigenvalue weighted by Gasteiger charge is 2.21. The van der Waals surface area contributed by atoms with Gasteiger partial charge >= 0.3 is 0 Å². The van der Waals surface area contributed by atoms with Gasteiger partial charge in [0.05, 0.1) is 5.84 Å². The van der Waals surface area contributed by atoms with Crippen LogP contribution in [0, 0.1) is 10.8 Å². The van der Waals surface area contributed by atoms with E-state index in [1.54, 1.807) is 0 Å². The Kier molecular flexibility index (Phi) is 6.13. The Morgan fingerprint density at radius 1 is 1.22 bits per heavy atom. The maximum atomic E-state index is 7.54. The van der Waals surface area contributed by atoms with Crippen LogP contribution in [0.1, 0.15) is 65.2 Å². The Bertz CT molecular complexity index is 254. The lowest BCUT2D eigenvalue weighted by Gasteiger charge is -2.31. The predicted octanol–water partition coefficient (Wildman–Crippen LogP) is 3.38. The van der Waals surface area contributed by atoms with Gasteiger partial charge in [-0.05, 0) is 39.3 Å². The Balaban J connectivity index is 2.15. The lowest BCUT2D eigenvalue weighted by atomic mass is 9.86. The average Bonchev–Trinajstić information content (AvgIpc) is 2.35. The van der Waals surface area contributed by atoms with Gasteiger partial charge in [-0.25, -0.2) is 0 Å². The summed E-state index contributed by atoms with van der Waals surface area (Å²) >= 11 is 0. The summed E-state index contributed by atoms with van der Waals surface area (Å²) in [6.07, 6.45) is 10.4. The van der Waals surface area contributed by atoms with E-state index in [4.69, 9.17) is 11.1 Å². The molecule has 3 nitrogen and oxygen atoms in total. The summed E-state index contributed by atoms with van der Waals surface area (Å²) in [6.45, 7) is 5.33. The zero-order valence-electron chi connectivity index (χ0n) is 12.5. The standard InChI is InChI=1S/C15H31N3/c1-15(2,14(16)17)11-7-8-12-18(3)13-9-5-4-6-10-13/h13H,4-12H2,1-3H3,(H3,16,17). The molecule has 1 aliphatic rings. The molecular formula is C15H31N3. The Hall–Kier alpha value is -0.570. The van der Waals surface area contributed by atoms with E-state index in [9.17, 15) is 0 Å². The summed E-state index contributed by atoms with van der Waals surface area (Å²) in [4.78, 5) is 2.54. The van der Waals surface area contributed by atoms with Crippen molar-refractivity contribution in [1.29, 1.82) is 5.41 Å². The first-order valence-corrected chi connectivity index (χ1v) is 7.48. The van der Waals surface area contributed by atoms with E-state index < -0.39 is 0 Å². The van der Waals surface area contributed by atoms with Crippen LogP contribution in [0.3, 0.4) is 0 Å². The van der Waals surface area contributed by atoms with Crippen molar-refractivity contribution in [3.05, 3.63) is 0 Å². The quantitative estimate of drug-likeness (QED) is 0.415. The van der Waals surface area contributed by atoms with Crippen molar-refractivity contribution in [1.82, 2.24) is 4.90 Å². The Labute approximate surface area is 113 Å². The number of hydrogen-bond acceptors (Lipinski definition) is 2. The molecule has 1 rings (SSSR count). The number of rotatable bonds is 7. The largest absolute Gasteiger partial charge is 0.387 e. The molecule has 0 unspecified atom stereocenters. The molecule has 1 fully saturated rings. The van der Waals surface area contributed by atoms with Gasteiger partial charge in [-0.15, -0.1) is 0 Å². The third-order valence-corrected chi connectivity index (χ3v) is 4.49. The van der Waals surface area contributed by atoms with E-state index in [0.717, 1.165) is 12.5 Å². The molecule has 0 aliphatic heterocycles. The molecule has 1 aliphatic carbocycles. The molecular weight excluding hydrogens is 222 g/mol. The third-order valence-electron chi connectivity index (χ3n) is 4.49. The van der Waals surface area contributed by atoms with E-state index in [1.807, 2.05) is 0 Å². The van der Waals surface area contributed by atoms with Crippen molar-refractivity contribution < 1.29 is 0 Å². The molecule has 0 aromatic heterocycles. The van der Waals surface area contributed by atoms with E-state index in [1.165, 1.54) is 51.5 Å². The molecule has 0 spiro atoms. The molecule has 1 saturated carbocycles. The number of unbranched alkanes of at least 4 members (excludes halogenated alkanes) is 1. The van der Waals surface area contributed by atoms with Crippen LogP contribution in [0.25, 0.3) is 0 Å². The normalized spacial score (nSPS) is 18.2. The second-order valence-electron chi connectivity index (χ2n) is 6.53. The van der Waals surface area contributed by atoms with Gasteiger partial charge in [0.15, 0.2) is 0 Å². The predicted molar refractivity (Wildman–Crippen MR) is 79.0 cm³/mol. The van der Waals surface area contributed by atoms with E-state index >= 15 is 0 Å². The molecule has 0 bridgehead atoms. The Morgan fingerprint density at radius 3 is 2.39 bits per heavy atom. The maximum Gasteiger partial charge on any atom is 0.0963 e. The highest BCUT2D eigenvalue weighted by Crippen LogP contribution is 2.24. The first-order chi connectivity index (χ1) is 8.43. The summed E-state index contributed by atoms with van der Waals surface area (Å²) in [5.41, 5.74) is 5.48. The molecule has 18 heavy (non-hydrogen) atoms. The van der Waals surface area contributed by atoms with Gasteiger partial charge in [0.1, 0.15) is 0 Å². The highest BCUT2D eigenvalue weighted by atomic mass is 15.1. The molecule has 0 radical (unpaired) electrons. The fourth-order valence-corrected chi connectivity index (χ4v) is 2.77. The molecule has 3 N–H and O–H groups in total. The van der Waals surface area contributed by atoms with Crippen LogP contribution in [0.5, 0.6) is 0 Å². The number of nitrogens with zero attached hydrogens (tertiary/aromatic N) is 1. The van der Waals surface area contributed by atoms with Crippen LogP contribution in [-0.2, 0) is 0 Å². The SMILES string of the molecule is CN(CCCCC(C)(C)C(=N)N)C1CCCCC1. The summed E-state index contributed by atoms with van der Waals surface area (Å²) in [6, 6.07) is 0.819. The molecule has 0 atom stereocenters. The molecule has 0 saturated heterocycles. The zero-order chi connectivity index (χ0) is 13.6. The molecule has 0 heterocycles. The summed E-state index contributed by atoms with van der Waals surface area (Å²) in [7, 11) is 2.27. The van der Waals surface area contributed by atoms with Crippen molar-refractivity contribution in [3.63, 3.8) is 0 Å². The monoisotopic (exact) mass is 253 g/mol. The number of amidine groups is 1. The molecule has 0 aromatic carbocycles. The van der Waals surface area contributed by atoms with Crippen LogP contribution < -0.4 is 5.73 Å². The van der Waals surface area contributed by atoms with Crippen LogP contribution in [0.4, 0.5) is 0 Å². The average molecular weight is 253 g/mol. The minimum absolute atomic E-state index is 0.122. The van der Waals surface area contributed by atoms with E-state index in [-0.39, 0.29) is 5.41 Å². The maximum absolute atomic E-state index is 7.54. The summed E-state index contributed by atoms with van der Waals surface area (Å²) in [5, 5.41) is 7.54. The Morgan fingerprint density at radius 2 is 1.83 bits per heavy atom. The first-order valence-electron chi connectivity index (χ1n) is 7.48. The van der Waals surface area contributed by atoms with Gasteiger partial charge in [0.2, 0.25) is 0 Å². The van der Waals surface area contributed by atoms with E-state index in [0.29, 0.717) is 5.84 Å². The number of nitrogens with two attached hydrogens (primary N) is 1. The van der Waals surface area contributed by atoms with Crippen LogP contribution in [0.2, 0.25) is 0 Å². The topological polar surface area (TPSA) is 53.1 Å². The van der Waals surface area contributed by atoms with Crippen LogP contribution >= 0.6 is 0 Å². The van der Waals surface area contributed by atoms with Gasteiger partial charge in [-0.3, -0.25) is 5.41 Å². The van der Waals surface area contributed by atoms with Crippen molar-refractivity contribution >= 4 is 5.84 Å². The highest BCUT2D eigenvalue weighted by molar-refractivity contribution is 5.82. The van der Waals surface area contributed by atoms with Crippen LogP contribution in [-0.4, -0.2) is 30.4 Å². The summed E-state index contributed by atoms with van der Waals surface area (Å²) in [5.74, 6) is 0.322. The van der Waals surface area contributed by atoms with E-state index in [2.05, 4.69) is 25.8 Å². The van der Waals surface area contributed by atoms with Gasteiger partial charge in [-0.2, -0.15) is 0 Å². The van der Waals surface area contributed by atoms with Gasteiger partial charge < -0.3 is 10.6 Å². The fourth-order valence-electron chi connectivity index (χ4n) is 2.77. The van der Waals surface area contributed by atoms with Crippen molar-refractivity contribution in [2.45, 2.75) is 71.3 Å². The first kappa shape index (κ1) is 15.5.